The van der Waals surface area contributed by atoms with Crippen molar-refractivity contribution in [1.29, 1.82) is 0 Å². The van der Waals surface area contributed by atoms with Crippen molar-refractivity contribution in [2.24, 2.45) is 18.0 Å². The maximum atomic E-state index is 5.99. The Kier molecular flexibility index (Phi) is 5.98. The Morgan fingerprint density at radius 1 is 1.63 bits per heavy atom. The van der Waals surface area contributed by atoms with Crippen molar-refractivity contribution in [3.8, 4) is 0 Å². The molecule has 0 amide bonds. The van der Waals surface area contributed by atoms with Gasteiger partial charge in [0.25, 0.3) is 0 Å². The van der Waals surface area contributed by atoms with E-state index in [1.807, 2.05) is 38.0 Å². The van der Waals surface area contributed by atoms with Gasteiger partial charge in [-0.3, -0.25) is 4.99 Å². The maximum absolute atomic E-state index is 5.99. The third kappa shape index (κ3) is 4.27. The molecule has 0 spiro atoms. The highest BCUT2D eigenvalue weighted by Gasteiger charge is 2.33. The molecule has 0 saturated heterocycles. The quantitative estimate of drug-likeness (QED) is 0.484. The molecule has 0 aromatic carbocycles. The van der Waals surface area contributed by atoms with E-state index in [4.69, 9.17) is 11.6 Å². The zero-order chi connectivity index (χ0) is 13.3. The molecule has 1 aromatic rings. The van der Waals surface area contributed by atoms with Crippen molar-refractivity contribution >= 4 is 41.5 Å². The van der Waals surface area contributed by atoms with Crippen LogP contribution in [0.5, 0.6) is 0 Å². The molecule has 1 heterocycles. The molecule has 2 rings (SSSR count). The van der Waals surface area contributed by atoms with Crippen LogP contribution in [0.25, 0.3) is 0 Å². The molecule has 108 valence electrons. The van der Waals surface area contributed by atoms with E-state index < -0.39 is 0 Å². The molecule has 0 radical (unpaired) electrons. The van der Waals surface area contributed by atoms with E-state index in [0.29, 0.717) is 6.04 Å². The first-order valence-electron chi connectivity index (χ1n) is 6.26. The minimum Gasteiger partial charge on any atom is -0.353 e. The number of nitrogens with zero attached hydrogens (tertiary/aromatic N) is 3. The van der Waals surface area contributed by atoms with E-state index in [1.165, 1.54) is 12.1 Å². The molecule has 6 heteroatoms. The number of guanidine groups is 1. The number of halogens is 2. The Hall–Kier alpha value is -0.430. The van der Waals surface area contributed by atoms with E-state index >= 15 is 0 Å². The first kappa shape index (κ1) is 16.6. The summed E-state index contributed by atoms with van der Waals surface area (Å²) in [5, 5.41) is 4.25. The molecule has 2 unspecified atom stereocenters. The minimum atomic E-state index is 0. The van der Waals surface area contributed by atoms with Gasteiger partial charge in [-0.25, -0.2) is 0 Å². The summed E-state index contributed by atoms with van der Waals surface area (Å²) in [6.45, 7) is 3.05. The number of nitrogens with one attached hydrogen (secondary N) is 1. The zero-order valence-electron chi connectivity index (χ0n) is 11.9. The van der Waals surface area contributed by atoms with E-state index in [9.17, 15) is 0 Å². The van der Waals surface area contributed by atoms with Crippen molar-refractivity contribution in [3.63, 3.8) is 0 Å². The summed E-state index contributed by atoms with van der Waals surface area (Å²) in [6.07, 6.45) is 3.16. The van der Waals surface area contributed by atoms with Crippen molar-refractivity contribution < 1.29 is 0 Å². The molecule has 1 fully saturated rings. The standard InChI is InChI=1S/C13H21ClN4.HI/c1-9-5-12(9)16-13(15-2)18(4)8-11-6-10(14)7-17(11)3;/h6-7,9,12H,5,8H2,1-4H3,(H,15,16);1H. The van der Waals surface area contributed by atoms with Crippen LogP contribution in [0.2, 0.25) is 5.02 Å². The highest BCUT2D eigenvalue weighted by atomic mass is 127. The SMILES string of the molecule is CN=C(NC1CC1C)N(C)Cc1cc(Cl)cn1C.I. The molecule has 1 aromatic heterocycles. The summed E-state index contributed by atoms with van der Waals surface area (Å²) in [5.41, 5.74) is 1.18. The summed E-state index contributed by atoms with van der Waals surface area (Å²) in [7, 11) is 5.88. The number of aliphatic imine (C=N–C) groups is 1. The summed E-state index contributed by atoms with van der Waals surface area (Å²) < 4.78 is 2.05. The Bertz CT molecular complexity index is 457. The van der Waals surface area contributed by atoms with Crippen LogP contribution in [0.1, 0.15) is 19.0 Å². The van der Waals surface area contributed by atoms with Gasteiger partial charge in [0.2, 0.25) is 0 Å². The summed E-state index contributed by atoms with van der Waals surface area (Å²) in [5.74, 6) is 1.71. The monoisotopic (exact) mass is 396 g/mol. The Morgan fingerprint density at radius 3 is 2.68 bits per heavy atom. The second-order valence-electron chi connectivity index (χ2n) is 5.13. The number of rotatable bonds is 3. The minimum absolute atomic E-state index is 0. The number of aromatic nitrogens is 1. The molecule has 2 atom stereocenters. The van der Waals surface area contributed by atoms with Gasteiger partial charge in [-0.15, -0.1) is 24.0 Å². The average molecular weight is 397 g/mol. The first-order chi connectivity index (χ1) is 8.51. The lowest BCUT2D eigenvalue weighted by Gasteiger charge is -2.22. The van der Waals surface area contributed by atoms with E-state index in [1.54, 1.807) is 0 Å². The summed E-state index contributed by atoms with van der Waals surface area (Å²) >= 11 is 5.99. The molecule has 1 saturated carbocycles. The molecule has 1 aliphatic rings. The predicted molar refractivity (Wildman–Crippen MR) is 91.4 cm³/mol. The first-order valence-corrected chi connectivity index (χ1v) is 6.64. The molecule has 0 aliphatic heterocycles. The van der Waals surface area contributed by atoms with Gasteiger partial charge in [0.15, 0.2) is 5.96 Å². The van der Waals surface area contributed by atoms with Crippen LogP contribution in [0.3, 0.4) is 0 Å². The number of aryl methyl sites for hydroxylation is 1. The van der Waals surface area contributed by atoms with Gasteiger partial charge >= 0.3 is 0 Å². The van der Waals surface area contributed by atoms with E-state index in [2.05, 4.69) is 22.1 Å². The van der Waals surface area contributed by atoms with Crippen molar-refractivity contribution in [2.75, 3.05) is 14.1 Å². The topological polar surface area (TPSA) is 32.6 Å². The Morgan fingerprint density at radius 2 is 2.26 bits per heavy atom. The number of hydrogen-bond acceptors (Lipinski definition) is 1. The molecular weight excluding hydrogens is 375 g/mol. The van der Waals surface area contributed by atoms with Crippen LogP contribution in [0.15, 0.2) is 17.3 Å². The van der Waals surface area contributed by atoms with Crippen molar-refractivity contribution in [3.05, 3.63) is 23.0 Å². The van der Waals surface area contributed by atoms with Gasteiger partial charge in [0.05, 0.1) is 11.6 Å². The molecule has 1 N–H and O–H groups in total. The molecule has 4 nitrogen and oxygen atoms in total. The van der Waals surface area contributed by atoms with Crippen molar-refractivity contribution in [2.45, 2.75) is 25.9 Å². The summed E-state index contributed by atoms with van der Waals surface area (Å²) in [4.78, 5) is 6.45. The predicted octanol–water partition coefficient (Wildman–Crippen LogP) is 2.71. The number of hydrogen-bond donors (Lipinski definition) is 1. The van der Waals surface area contributed by atoms with Gasteiger partial charge in [0.1, 0.15) is 0 Å². The lowest BCUT2D eigenvalue weighted by Crippen LogP contribution is -2.40. The fourth-order valence-electron chi connectivity index (χ4n) is 2.08. The van der Waals surface area contributed by atoms with Crippen molar-refractivity contribution in [1.82, 2.24) is 14.8 Å². The van der Waals surface area contributed by atoms with E-state index in [0.717, 1.165) is 23.4 Å². The zero-order valence-corrected chi connectivity index (χ0v) is 14.9. The fourth-order valence-corrected chi connectivity index (χ4v) is 2.35. The van der Waals surface area contributed by atoms with Crippen LogP contribution in [-0.4, -0.2) is 35.6 Å². The largest absolute Gasteiger partial charge is 0.353 e. The Labute approximate surface area is 137 Å². The van der Waals surface area contributed by atoms with Gasteiger partial charge in [-0.05, 0) is 18.4 Å². The third-order valence-electron chi connectivity index (χ3n) is 3.47. The lowest BCUT2D eigenvalue weighted by molar-refractivity contribution is 0.460. The third-order valence-corrected chi connectivity index (χ3v) is 3.68. The summed E-state index contributed by atoms with van der Waals surface area (Å²) in [6, 6.07) is 2.58. The van der Waals surface area contributed by atoms with Gasteiger partial charge in [-0.1, -0.05) is 18.5 Å². The average Bonchev–Trinajstić information content (AvgIpc) is 2.90. The van der Waals surface area contributed by atoms with Gasteiger partial charge < -0.3 is 14.8 Å². The maximum Gasteiger partial charge on any atom is 0.193 e. The lowest BCUT2D eigenvalue weighted by atomic mass is 10.4. The van der Waals surface area contributed by atoms with Crippen LogP contribution in [0.4, 0.5) is 0 Å². The Balaban J connectivity index is 0.00000180. The van der Waals surface area contributed by atoms with Crippen LogP contribution >= 0.6 is 35.6 Å². The second kappa shape index (κ2) is 6.83. The van der Waals surface area contributed by atoms with Crippen LogP contribution < -0.4 is 5.32 Å². The molecule has 19 heavy (non-hydrogen) atoms. The molecular formula is C13H22ClIN4. The second-order valence-corrected chi connectivity index (χ2v) is 5.56. The fraction of sp³-hybridized carbons (Fsp3) is 0.615. The van der Waals surface area contributed by atoms with Crippen LogP contribution in [0, 0.1) is 5.92 Å². The highest BCUT2D eigenvalue weighted by molar-refractivity contribution is 14.0. The van der Waals surface area contributed by atoms with Gasteiger partial charge in [0, 0.05) is 39.1 Å². The smallest absolute Gasteiger partial charge is 0.193 e. The molecule has 0 bridgehead atoms. The normalized spacial score (nSPS) is 21.8. The molecule has 1 aliphatic carbocycles. The van der Waals surface area contributed by atoms with Gasteiger partial charge in [-0.2, -0.15) is 0 Å². The van der Waals surface area contributed by atoms with E-state index in [-0.39, 0.29) is 24.0 Å². The van der Waals surface area contributed by atoms with Crippen LogP contribution in [-0.2, 0) is 13.6 Å². The highest BCUT2D eigenvalue weighted by Crippen LogP contribution is 2.29.